The van der Waals surface area contributed by atoms with Crippen LogP contribution in [0, 0.1) is 0 Å². The molecule has 0 aromatic carbocycles. The van der Waals surface area contributed by atoms with E-state index >= 15 is 0 Å². The lowest BCUT2D eigenvalue weighted by Crippen LogP contribution is -2.40. The highest BCUT2D eigenvalue weighted by Gasteiger charge is 2.40. The van der Waals surface area contributed by atoms with Crippen molar-refractivity contribution in [1.82, 2.24) is 15.2 Å². The van der Waals surface area contributed by atoms with Crippen LogP contribution in [0.25, 0.3) is 0 Å². The van der Waals surface area contributed by atoms with E-state index in [2.05, 4.69) is 10.3 Å². The number of aliphatic carboxylic acids is 1. The highest BCUT2D eigenvalue weighted by molar-refractivity contribution is 5.98. The largest absolute Gasteiger partial charge is 0.480 e. The van der Waals surface area contributed by atoms with Crippen molar-refractivity contribution in [3.8, 4) is 0 Å². The average molecular weight is 307 g/mol. The van der Waals surface area contributed by atoms with Crippen LogP contribution in [0.2, 0.25) is 0 Å². The maximum atomic E-state index is 12.4. The number of rotatable bonds is 4. The molecule has 1 aliphatic heterocycles. The second-order valence-corrected chi connectivity index (χ2v) is 4.92. The lowest BCUT2D eigenvalue weighted by Gasteiger charge is -2.21. The first-order valence-corrected chi connectivity index (χ1v) is 6.72. The van der Waals surface area contributed by atoms with Crippen molar-refractivity contribution in [3.63, 3.8) is 0 Å². The van der Waals surface area contributed by atoms with E-state index in [-0.39, 0.29) is 36.2 Å². The molecule has 8 heteroatoms. The number of nitrogens with one attached hydrogen (secondary N) is 1. The molecule has 1 aromatic heterocycles. The Labute approximate surface area is 127 Å². The molecule has 2 heterocycles. The fraction of sp³-hybridized carbons (Fsp3) is 0.429. The number of carboxylic acid groups (broad SMARTS) is 1. The van der Waals surface area contributed by atoms with Crippen LogP contribution in [-0.4, -0.2) is 65.6 Å². The summed E-state index contributed by atoms with van der Waals surface area (Å²) in [6.07, 6.45) is 1.22. The van der Waals surface area contributed by atoms with E-state index in [4.69, 9.17) is 4.74 Å². The van der Waals surface area contributed by atoms with Crippen LogP contribution in [0.1, 0.15) is 27.3 Å². The van der Waals surface area contributed by atoms with Crippen molar-refractivity contribution in [1.29, 1.82) is 0 Å². The van der Waals surface area contributed by atoms with Gasteiger partial charge in [-0.3, -0.25) is 14.6 Å². The summed E-state index contributed by atoms with van der Waals surface area (Å²) in [5.74, 6) is -1.87. The molecule has 0 bridgehead atoms. The van der Waals surface area contributed by atoms with Crippen LogP contribution in [0.3, 0.4) is 0 Å². The second-order valence-electron chi connectivity index (χ2n) is 4.92. The number of hydrogen-bond donors (Lipinski definition) is 2. The number of carbonyl (C=O) groups excluding carboxylic acids is 2. The topological polar surface area (TPSA) is 109 Å². The molecule has 1 saturated heterocycles. The Morgan fingerprint density at radius 2 is 2.14 bits per heavy atom. The molecular formula is C14H17N3O5. The van der Waals surface area contributed by atoms with Crippen molar-refractivity contribution >= 4 is 17.8 Å². The van der Waals surface area contributed by atoms with Gasteiger partial charge in [-0.15, -0.1) is 0 Å². The monoisotopic (exact) mass is 307 g/mol. The van der Waals surface area contributed by atoms with Gasteiger partial charge in [0.15, 0.2) is 0 Å². The third-order valence-electron chi connectivity index (χ3n) is 3.61. The van der Waals surface area contributed by atoms with Gasteiger partial charge >= 0.3 is 5.97 Å². The first kappa shape index (κ1) is 15.9. The third kappa shape index (κ3) is 3.06. The molecule has 1 aliphatic rings. The smallest absolute Gasteiger partial charge is 0.326 e. The molecule has 2 rings (SSSR count). The van der Waals surface area contributed by atoms with Gasteiger partial charge in [-0.05, 0) is 12.1 Å². The van der Waals surface area contributed by atoms with E-state index in [1.165, 1.54) is 37.4 Å². The molecule has 0 spiro atoms. The van der Waals surface area contributed by atoms with Crippen molar-refractivity contribution in [2.24, 2.45) is 0 Å². The molecule has 1 aromatic rings. The number of carboxylic acids is 1. The Morgan fingerprint density at radius 3 is 2.64 bits per heavy atom. The molecule has 2 atom stereocenters. The number of hydrogen-bond acceptors (Lipinski definition) is 5. The second kappa shape index (κ2) is 6.52. The number of ether oxygens (including phenoxy) is 1. The molecular weight excluding hydrogens is 290 g/mol. The Hall–Kier alpha value is -2.48. The van der Waals surface area contributed by atoms with Gasteiger partial charge in [-0.25, -0.2) is 4.79 Å². The number of carbonyl (C=O) groups is 3. The van der Waals surface area contributed by atoms with Crippen LogP contribution in [0.5, 0.6) is 0 Å². The minimum absolute atomic E-state index is 0.185. The van der Waals surface area contributed by atoms with Crippen LogP contribution in [-0.2, 0) is 9.53 Å². The summed E-state index contributed by atoms with van der Waals surface area (Å²) in [6.45, 7) is 0.212. The van der Waals surface area contributed by atoms with Crippen molar-refractivity contribution < 1.29 is 24.2 Å². The Bertz CT molecular complexity index is 587. The lowest BCUT2D eigenvalue weighted by molar-refractivity contribution is -0.141. The minimum Gasteiger partial charge on any atom is -0.480 e. The Kier molecular flexibility index (Phi) is 4.71. The minimum atomic E-state index is -1.07. The summed E-state index contributed by atoms with van der Waals surface area (Å²) in [7, 11) is 2.97. The molecule has 2 amide bonds. The van der Waals surface area contributed by atoms with E-state index in [1.807, 2.05) is 0 Å². The normalized spacial score (nSPS) is 20.7. The number of pyridine rings is 1. The van der Waals surface area contributed by atoms with Gasteiger partial charge in [0.25, 0.3) is 11.8 Å². The highest BCUT2D eigenvalue weighted by atomic mass is 16.5. The van der Waals surface area contributed by atoms with E-state index in [1.54, 1.807) is 0 Å². The van der Waals surface area contributed by atoms with E-state index in [0.29, 0.717) is 0 Å². The van der Waals surface area contributed by atoms with Crippen molar-refractivity contribution in [3.05, 3.63) is 29.6 Å². The summed E-state index contributed by atoms with van der Waals surface area (Å²) < 4.78 is 5.15. The zero-order valence-electron chi connectivity index (χ0n) is 12.3. The molecule has 2 unspecified atom stereocenters. The zero-order chi connectivity index (χ0) is 16.3. The Balaban J connectivity index is 2.19. The molecule has 0 aliphatic carbocycles. The maximum Gasteiger partial charge on any atom is 0.326 e. The first-order valence-electron chi connectivity index (χ1n) is 6.72. The predicted molar refractivity (Wildman–Crippen MR) is 75.5 cm³/mol. The molecule has 118 valence electrons. The van der Waals surface area contributed by atoms with Crippen LogP contribution >= 0.6 is 0 Å². The van der Waals surface area contributed by atoms with Gasteiger partial charge in [0.2, 0.25) is 0 Å². The van der Waals surface area contributed by atoms with Crippen molar-refractivity contribution in [2.45, 2.75) is 18.6 Å². The van der Waals surface area contributed by atoms with Gasteiger partial charge in [0, 0.05) is 33.3 Å². The number of aromatic nitrogens is 1. The number of methoxy groups -OCH3 is 1. The third-order valence-corrected chi connectivity index (χ3v) is 3.61. The van der Waals surface area contributed by atoms with Gasteiger partial charge in [0.05, 0.1) is 11.7 Å². The fourth-order valence-electron chi connectivity index (χ4n) is 2.38. The number of likely N-dealkylation sites (tertiary alicyclic amines) is 1. The van der Waals surface area contributed by atoms with Crippen LogP contribution < -0.4 is 5.32 Å². The summed E-state index contributed by atoms with van der Waals surface area (Å²) >= 11 is 0. The molecule has 0 radical (unpaired) electrons. The molecule has 22 heavy (non-hydrogen) atoms. The standard InChI is InChI=1S/C14H17N3O5/c1-15-12(18)10-4-3-8(6-16-10)13(19)17-7-9(22-2)5-11(17)14(20)21/h3-4,6,9,11H,5,7H2,1-2H3,(H,15,18)(H,20,21). The summed E-state index contributed by atoms with van der Waals surface area (Å²) in [5, 5.41) is 11.7. The predicted octanol–water partition coefficient (Wildman–Crippen LogP) is -0.245. The van der Waals surface area contributed by atoms with Crippen molar-refractivity contribution in [2.75, 3.05) is 20.7 Å². The van der Waals surface area contributed by atoms with Gasteiger partial charge < -0.3 is 20.1 Å². The highest BCUT2D eigenvalue weighted by Crippen LogP contribution is 2.22. The summed E-state index contributed by atoms with van der Waals surface area (Å²) in [5.41, 5.74) is 0.417. The van der Waals surface area contributed by atoms with E-state index in [9.17, 15) is 19.5 Å². The van der Waals surface area contributed by atoms with E-state index < -0.39 is 17.9 Å². The summed E-state index contributed by atoms with van der Waals surface area (Å²) in [4.78, 5) is 40.3. The average Bonchev–Trinajstić information content (AvgIpc) is 2.98. The maximum absolute atomic E-state index is 12.4. The molecule has 8 nitrogen and oxygen atoms in total. The Morgan fingerprint density at radius 1 is 1.41 bits per heavy atom. The lowest BCUT2D eigenvalue weighted by atomic mass is 10.2. The quantitative estimate of drug-likeness (QED) is 0.794. The SMILES string of the molecule is CNC(=O)c1ccc(C(=O)N2CC(OC)CC2C(=O)O)cn1. The zero-order valence-corrected chi connectivity index (χ0v) is 12.3. The number of nitrogens with zero attached hydrogens (tertiary/aromatic N) is 2. The summed E-state index contributed by atoms with van der Waals surface area (Å²) in [6, 6.07) is 1.96. The molecule has 2 N–H and O–H groups in total. The van der Waals surface area contributed by atoms with Gasteiger partial charge in [-0.2, -0.15) is 0 Å². The van der Waals surface area contributed by atoms with Gasteiger partial charge in [-0.1, -0.05) is 0 Å². The molecule has 1 fully saturated rings. The fourth-order valence-corrected chi connectivity index (χ4v) is 2.38. The first-order chi connectivity index (χ1) is 10.5. The van der Waals surface area contributed by atoms with E-state index in [0.717, 1.165) is 0 Å². The van der Waals surface area contributed by atoms with Crippen LogP contribution in [0.4, 0.5) is 0 Å². The number of amides is 2. The van der Waals surface area contributed by atoms with Gasteiger partial charge in [0.1, 0.15) is 11.7 Å². The van der Waals surface area contributed by atoms with Crippen LogP contribution in [0.15, 0.2) is 18.3 Å². The molecule has 0 saturated carbocycles.